The SMILES string of the molecule is CCN(CC)CCc1nc(C)c(C(C)CNC)c(C)n1. The van der Waals surface area contributed by atoms with E-state index in [0.29, 0.717) is 5.92 Å². The number of aromatic nitrogens is 2. The van der Waals surface area contributed by atoms with Gasteiger partial charge in [-0.1, -0.05) is 20.8 Å². The van der Waals surface area contributed by atoms with E-state index in [1.54, 1.807) is 0 Å². The van der Waals surface area contributed by atoms with E-state index in [1.165, 1.54) is 5.56 Å². The van der Waals surface area contributed by atoms with Gasteiger partial charge in [-0.2, -0.15) is 0 Å². The number of hydrogen-bond donors (Lipinski definition) is 1. The summed E-state index contributed by atoms with van der Waals surface area (Å²) in [5.41, 5.74) is 3.57. The van der Waals surface area contributed by atoms with Gasteiger partial charge in [-0.15, -0.1) is 0 Å². The fourth-order valence-electron chi connectivity index (χ4n) is 2.83. The van der Waals surface area contributed by atoms with Gasteiger partial charge in [0.1, 0.15) is 5.82 Å². The predicted octanol–water partition coefficient (Wildman–Crippen LogP) is 2.30. The van der Waals surface area contributed by atoms with Crippen LogP contribution in [0.25, 0.3) is 0 Å². The largest absolute Gasteiger partial charge is 0.319 e. The van der Waals surface area contributed by atoms with Crippen molar-refractivity contribution in [1.29, 1.82) is 0 Å². The van der Waals surface area contributed by atoms with Crippen LogP contribution in [0, 0.1) is 13.8 Å². The zero-order chi connectivity index (χ0) is 15.1. The Morgan fingerprint density at radius 2 is 1.65 bits per heavy atom. The molecule has 0 bridgehead atoms. The molecule has 0 saturated carbocycles. The van der Waals surface area contributed by atoms with Crippen molar-refractivity contribution in [3.63, 3.8) is 0 Å². The number of nitrogens with one attached hydrogen (secondary N) is 1. The molecule has 0 fully saturated rings. The van der Waals surface area contributed by atoms with Crippen LogP contribution in [-0.4, -0.2) is 48.1 Å². The minimum Gasteiger partial charge on any atom is -0.319 e. The Morgan fingerprint density at radius 1 is 1.10 bits per heavy atom. The summed E-state index contributed by atoms with van der Waals surface area (Å²) in [6.45, 7) is 15.0. The van der Waals surface area contributed by atoms with E-state index in [0.717, 1.165) is 49.8 Å². The first-order chi connectivity index (χ1) is 9.53. The molecular weight excluding hydrogens is 248 g/mol. The van der Waals surface area contributed by atoms with Crippen LogP contribution in [0.2, 0.25) is 0 Å². The van der Waals surface area contributed by atoms with E-state index in [9.17, 15) is 0 Å². The summed E-state index contributed by atoms with van der Waals surface area (Å²) in [6.07, 6.45) is 0.935. The molecule has 1 rings (SSSR count). The fourth-order valence-corrected chi connectivity index (χ4v) is 2.83. The summed E-state index contributed by atoms with van der Waals surface area (Å²) >= 11 is 0. The van der Waals surface area contributed by atoms with Gasteiger partial charge in [0.2, 0.25) is 0 Å². The lowest BCUT2D eigenvalue weighted by Crippen LogP contribution is -2.26. The quantitative estimate of drug-likeness (QED) is 0.792. The third-order valence-corrected chi connectivity index (χ3v) is 3.92. The molecule has 0 spiro atoms. The van der Waals surface area contributed by atoms with Gasteiger partial charge in [0, 0.05) is 30.9 Å². The summed E-state index contributed by atoms with van der Waals surface area (Å²) in [5, 5.41) is 3.23. The highest BCUT2D eigenvalue weighted by Crippen LogP contribution is 2.20. The molecule has 0 aliphatic heterocycles. The molecule has 1 N–H and O–H groups in total. The summed E-state index contributed by atoms with van der Waals surface area (Å²) in [6, 6.07) is 0. The molecular formula is C16H30N4. The van der Waals surface area contributed by atoms with Crippen LogP contribution in [0.5, 0.6) is 0 Å². The van der Waals surface area contributed by atoms with Crippen LogP contribution in [0.4, 0.5) is 0 Å². The van der Waals surface area contributed by atoms with Crippen LogP contribution in [0.1, 0.15) is 49.5 Å². The topological polar surface area (TPSA) is 41.1 Å². The van der Waals surface area contributed by atoms with Gasteiger partial charge in [-0.25, -0.2) is 9.97 Å². The molecule has 1 aromatic heterocycles. The molecule has 1 unspecified atom stereocenters. The zero-order valence-corrected chi connectivity index (χ0v) is 14.0. The average molecular weight is 278 g/mol. The van der Waals surface area contributed by atoms with E-state index in [2.05, 4.69) is 44.8 Å². The van der Waals surface area contributed by atoms with Gasteiger partial charge in [0.15, 0.2) is 0 Å². The molecule has 1 atom stereocenters. The van der Waals surface area contributed by atoms with Crippen molar-refractivity contribution < 1.29 is 0 Å². The number of nitrogens with zero attached hydrogens (tertiary/aromatic N) is 3. The van der Waals surface area contributed by atoms with Crippen molar-refractivity contribution in [2.75, 3.05) is 33.2 Å². The van der Waals surface area contributed by atoms with Crippen molar-refractivity contribution in [3.8, 4) is 0 Å². The van der Waals surface area contributed by atoms with Gasteiger partial charge in [0.25, 0.3) is 0 Å². The number of rotatable bonds is 8. The second-order valence-corrected chi connectivity index (χ2v) is 5.46. The van der Waals surface area contributed by atoms with Crippen molar-refractivity contribution >= 4 is 0 Å². The smallest absolute Gasteiger partial charge is 0.130 e. The van der Waals surface area contributed by atoms with Crippen LogP contribution >= 0.6 is 0 Å². The second kappa shape index (κ2) is 8.32. The van der Waals surface area contributed by atoms with Crippen molar-refractivity contribution in [2.45, 2.75) is 47.0 Å². The molecule has 114 valence electrons. The van der Waals surface area contributed by atoms with E-state index in [-0.39, 0.29) is 0 Å². The molecule has 1 heterocycles. The highest BCUT2D eigenvalue weighted by molar-refractivity contribution is 5.28. The summed E-state index contributed by atoms with van der Waals surface area (Å²) < 4.78 is 0. The first-order valence-electron chi connectivity index (χ1n) is 7.74. The lowest BCUT2D eigenvalue weighted by Gasteiger charge is -2.19. The minimum atomic E-state index is 0.455. The van der Waals surface area contributed by atoms with Crippen LogP contribution < -0.4 is 5.32 Å². The average Bonchev–Trinajstić information content (AvgIpc) is 2.39. The Balaban J connectivity index is 2.82. The Kier molecular flexibility index (Phi) is 7.10. The number of aryl methyl sites for hydroxylation is 2. The van der Waals surface area contributed by atoms with Crippen molar-refractivity contribution in [1.82, 2.24) is 20.2 Å². The van der Waals surface area contributed by atoms with E-state index in [1.807, 2.05) is 7.05 Å². The van der Waals surface area contributed by atoms with Crippen molar-refractivity contribution in [2.24, 2.45) is 0 Å². The Morgan fingerprint density at radius 3 is 2.10 bits per heavy atom. The lowest BCUT2D eigenvalue weighted by atomic mass is 9.98. The summed E-state index contributed by atoms with van der Waals surface area (Å²) in [5.74, 6) is 1.43. The summed E-state index contributed by atoms with van der Waals surface area (Å²) in [4.78, 5) is 11.8. The predicted molar refractivity (Wildman–Crippen MR) is 85.3 cm³/mol. The van der Waals surface area contributed by atoms with Gasteiger partial charge in [0.05, 0.1) is 0 Å². The molecule has 0 aliphatic rings. The number of hydrogen-bond acceptors (Lipinski definition) is 4. The molecule has 20 heavy (non-hydrogen) atoms. The van der Waals surface area contributed by atoms with Gasteiger partial charge in [-0.05, 0) is 45.5 Å². The normalized spacial score (nSPS) is 12.9. The Bertz CT molecular complexity index is 390. The first kappa shape index (κ1) is 17.1. The van der Waals surface area contributed by atoms with Crippen LogP contribution in [0.15, 0.2) is 0 Å². The number of likely N-dealkylation sites (N-methyl/N-ethyl adjacent to an activating group) is 2. The molecule has 0 aromatic carbocycles. The van der Waals surface area contributed by atoms with Gasteiger partial charge >= 0.3 is 0 Å². The molecule has 4 nitrogen and oxygen atoms in total. The third-order valence-electron chi connectivity index (χ3n) is 3.92. The van der Waals surface area contributed by atoms with Crippen LogP contribution in [0.3, 0.4) is 0 Å². The maximum Gasteiger partial charge on any atom is 0.130 e. The van der Waals surface area contributed by atoms with E-state index < -0.39 is 0 Å². The Labute approximate surface area is 124 Å². The third kappa shape index (κ3) is 4.53. The van der Waals surface area contributed by atoms with E-state index in [4.69, 9.17) is 9.97 Å². The van der Waals surface area contributed by atoms with Gasteiger partial charge in [-0.3, -0.25) is 0 Å². The maximum atomic E-state index is 4.71. The molecule has 0 saturated heterocycles. The zero-order valence-electron chi connectivity index (χ0n) is 14.0. The second-order valence-electron chi connectivity index (χ2n) is 5.46. The lowest BCUT2D eigenvalue weighted by molar-refractivity contribution is 0.305. The highest BCUT2D eigenvalue weighted by Gasteiger charge is 2.14. The standard InChI is InChI=1S/C16H30N4/c1-7-20(8-2)10-9-15-18-13(4)16(14(5)19-15)12(3)11-17-6/h12,17H,7-11H2,1-6H3. The molecule has 1 aromatic rings. The fraction of sp³-hybridized carbons (Fsp3) is 0.750. The molecule has 0 aliphatic carbocycles. The highest BCUT2D eigenvalue weighted by atomic mass is 15.1. The van der Waals surface area contributed by atoms with Gasteiger partial charge < -0.3 is 10.2 Å². The molecule has 4 heteroatoms. The summed E-state index contributed by atoms with van der Waals surface area (Å²) in [7, 11) is 1.99. The Hall–Kier alpha value is -1.00. The monoisotopic (exact) mass is 278 g/mol. The van der Waals surface area contributed by atoms with E-state index >= 15 is 0 Å². The minimum absolute atomic E-state index is 0.455. The first-order valence-corrected chi connectivity index (χ1v) is 7.74. The molecule has 0 radical (unpaired) electrons. The van der Waals surface area contributed by atoms with Crippen molar-refractivity contribution in [3.05, 3.63) is 22.8 Å². The maximum absolute atomic E-state index is 4.71. The van der Waals surface area contributed by atoms with Crippen LogP contribution in [-0.2, 0) is 6.42 Å². The molecule has 0 amide bonds.